The van der Waals surface area contributed by atoms with Gasteiger partial charge in [-0.05, 0) is 79.1 Å². The number of nitrogens with one attached hydrogen (secondary N) is 2. The highest BCUT2D eigenvalue weighted by atomic mass is 32.5. The van der Waals surface area contributed by atoms with Crippen molar-refractivity contribution in [3.05, 3.63) is 75.3 Å². The number of nitrogens with zero attached hydrogens (tertiary/aromatic N) is 5. The van der Waals surface area contributed by atoms with E-state index in [0.29, 0.717) is 17.4 Å². The van der Waals surface area contributed by atoms with Crippen molar-refractivity contribution in [2.45, 2.75) is 166 Å². The number of amides is 1. The highest BCUT2D eigenvalue weighted by molar-refractivity contribution is 8.07. The molecule has 8 atom stereocenters. The standard InChI is InChI=1S/C46H69F2N8O12PSSi2/c1-13-18-27(19-14-2)37(57)51-31-22-23-55(43(60)52-31)41-46(47,48)35(30(65-41)25-63-71(9,10)44(3,4)5)67-69(61,70)62-24-29-33(66-40(59)28-20-16-15-17-21-28)34(68-72(11,12)45(6,7)8)39(64-29)56-26-50-32-36(56)53-42(49)54-38(32)58/h15-17,20-23,26-27,29-30,33-35,39,41H,13-14,18-19,24-25H2,1-12H3,(H,61,70)(H3,49,53,54,58)(H,51,52,57,60)/t29-,30-,33+,34?,35+,39-,41-,69?/m1/s1. The quantitative estimate of drug-likeness (QED) is 0.0374. The Balaban J connectivity index is 1.33. The van der Waals surface area contributed by atoms with Crippen LogP contribution in [0.5, 0.6) is 0 Å². The summed E-state index contributed by atoms with van der Waals surface area (Å²) < 4.78 is 79.8. The summed E-state index contributed by atoms with van der Waals surface area (Å²) in [5.41, 5.74) is 4.29. The molecule has 6 rings (SSSR count). The zero-order chi connectivity index (χ0) is 53.4. The molecular formula is C46H69F2N8O12PSSi2. The van der Waals surface area contributed by atoms with Crippen LogP contribution in [0.15, 0.2) is 58.5 Å². The molecule has 0 radical (unpaired) electrons. The molecule has 4 aromatic rings. The number of H-pyrrole nitrogens is 1. The molecular weight excluding hydrogens is 1010 g/mol. The second-order valence-electron chi connectivity index (χ2n) is 21.2. The number of esters is 1. The van der Waals surface area contributed by atoms with E-state index in [1.54, 1.807) is 30.3 Å². The van der Waals surface area contributed by atoms with Gasteiger partial charge in [-0.3, -0.25) is 28.2 Å². The minimum absolute atomic E-state index is 0.0145. The van der Waals surface area contributed by atoms with Crippen LogP contribution in [0, 0.1) is 5.92 Å². The van der Waals surface area contributed by atoms with E-state index < -0.39 is 108 Å². The highest BCUT2D eigenvalue weighted by Gasteiger charge is 2.63. The Labute approximate surface area is 424 Å². The summed E-state index contributed by atoms with van der Waals surface area (Å²) in [6.07, 6.45) is -6.33. The van der Waals surface area contributed by atoms with Gasteiger partial charge in [0, 0.05) is 12.1 Å². The number of benzene rings is 1. The third-order valence-electron chi connectivity index (χ3n) is 13.9. The molecule has 26 heteroatoms. The third-order valence-corrected chi connectivity index (χ3v) is 24.4. The van der Waals surface area contributed by atoms with Gasteiger partial charge in [-0.25, -0.2) is 14.6 Å². The number of nitrogens with two attached hydrogens (primary N) is 1. The molecule has 2 aliphatic rings. The van der Waals surface area contributed by atoms with Crippen molar-refractivity contribution in [3.63, 3.8) is 0 Å². The number of anilines is 2. The van der Waals surface area contributed by atoms with Gasteiger partial charge in [0.25, 0.3) is 5.56 Å². The molecule has 5 N–H and O–H groups in total. The zero-order valence-electron chi connectivity index (χ0n) is 42.8. The van der Waals surface area contributed by atoms with Crippen LogP contribution in [0.2, 0.25) is 36.3 Å². The van der Waals surface area contributed by atoms with Crippen LogP contribution in [0.4, 0.5) is 20.5 Å². The number of imidazole rings is 1. The molecule has 72 heavy (non-hydrogen) atoms. The van der Waals surface area contributed by atoms with Crippen molar-refractivity contribution in [2.75, 3.05) is 24.3 Å². The number of fused-ring (bicyclic) bond motifs is 1. The Hall–Kier alpha value is -4.15. The van der Waals surface area contributed by atoms with Gasteiger partial charge >= 0.3 is 24.3 Å². The van der Waals surface area contributed by atoms with E-state index >= 15 is 8.78 Å². The van der Waals surface area contributed by atoms with Gasteiger partial charge in [-0.15, -0.1) is 0 Å². The third kappa shape index (κ3) is 12.7. The maximum atomic E-state index is 17.1. The fourth-order valence-corrected chi connectivity index (χ4v) is 11.5. The summed E-state index contributed by atoms with van der Waals surface area (Å²) in [4.78, 5) is 80.1. The van der Waals surface area contributed by atoms with Gasteiger partial charge in [-0.1, -0.05) is 86.4 Å². The number of alkyl halides is 2. The van der Waals surface area contributed by atoms with Crippen LogP contribution in [0.3, 0.4) is 0 Å². The van der Waals surface area contributed by atoms with Gasteiger partial charge in [0.15, 0.2) is 46.2 Å². The molecule has 2 aliphatic heterocycles. The van der Waals surface area contributed by atoms with E-state index in [2.05, 4.69) is 25.3 Å². The van der Waals surface area contributed by atoms with Gasteiger partial charge in [-0.2, -0.15) is 18.7 Å². The Morgan fingerprint density at radius 3 is 2.18 bits per heavy atom. The normalized spacial score (nSPS) is 23.6. The lowest BCUT2D eigenvalue weighted by atomic mass is 9.97. The van der Waals surface area contributed by atoms with Gasteiger partial charge in [0.05, 0.1) is 25.1 Å². The molecule has 2 unspecified atom stereocenters. The van der Waals surface area contributed by atoms with E-state index in [0.717, 1.165) is 19.0 Å². The second-order valence-corrected chi connectivity index (χ2v) is 33.6. The number of aromatic nitrogens is 6. The predicted molar refractivity (Wildman–Crippen MR) is 274 cm³/mol. The van der Waals surface area contributed by atoms with E-state index in [1.807, 2.05) is 81.6 Å². The molecule has 1 aromatic carbocycles. The number of carbonyl (C=O) groups is 2. The lowest BCUT2D eigenvalue weighted by Crippen LogP contribution is -2.50. The molecule has 2 saturated heterocycles. The monoisotopic (exact) mass is 1080 g/mol. The summed E-state index contributed by atoms with van der Waals surface area (Å²) in [6, 6.07) is 9.33. The molecule has 2 fully saturated rings. The molecule has 0 saturated carbocycles. The lowest BCUT2D eigenvalue weighted by Gasteiger charge is -2.40. The van der Waals surface area contributed by atoms with Crippen molar-refractivity contribution in [1.29, 1.82) is 0 Å². The minimum Gasteiger partial charge on any atom is -0.453 e. The Morgan fingerprint density at radius 2 is 1.58 bits per heavy atom. The summed E-state index contributed by atoms with van der Waals surface area (Å²) in [5.74, 6) is -5.88. The van der Waals surface area contributed by atoms with Crippen LogP contribution in [-0.2, 0) is 48.7 Å². The smallest absolute Gasteiger partial charge is 0.351 e. The summed E-state index contributed by atoms with van der Waals surface area (Å²) >= 11 is 5.47. The number of nitrogen functional groups attached to an aromatic ring is 1. The fourth-order valence-electron chi connectivity index (χ4n) is 7.82. The van der Waals surface area contributed by atoms with Gasteiger partial charge in [0.2, 0.25) is 18.1 Å². The lowest BCUT2D eigenvalue weighted by molar-refractivity contribution is -0.138. The number of aromatic amines is 1. The second kappa shape index (κ2) is 22.0. The minimum atomic E-state index is -4.79. The molecule has 0 bridgehead atoms. The Morgan fingerprint density at radius 1 is 0.944 bits per heavy atom. The maximum absolute atomic E-state index is 17.1. The highest BCUT2D eigenvalue weighted by Crippen LogP contribution is 2.54. The van der Waals surface area contributed by atoms with Crippen LogP contribution < -0.4 is 22.3 Å². The summed E-state index contributed by atoms with van der Waals surface area (Å²) in [7, 11) is -5.47. The predicted octanol–water partition coefficient (Wildman–Crippen LogP) is 7.80. The van der Waals surface area contributed by atoms with E-state index in [4.69, 9.17) is 49.7 Å². The van der Waals surface area contributed by atoms with Crippen LogP contribution in [0.25, 0.3) is 11.2 Å². The number of hydrogen-bond acceptors (Lipinski definition) is 16. The van der Waals surface area contributed by atoms with Crippen molar-refractivity contribution in [1.82, 2.24) is 29.1 Å². The molecule has 20 nitrogen and oxygen atoms in total. The van der Waals surface area contributed by atoms with E-state index in [-0.39, 0.29) is 45.4 Å². The summed E-state index contributed by atoms with van der Waals surface area (Å²) in [5, 5.41) is 1.87. The molecule has 1 amide bonds. The first-order chi connectivity index (χ1) is 33.4. The van der Waals surface area contributed by atoms with Gasteiger partial charge < -0.3 is 43.5 Å². The van der Waals surface area contributed by atoms with Crippen molar-refractivity contribution < 1.29 is 55.4 Å². The first-order valence-electron chi connectivity index (χ1n) is 24.0. The van der Waals surface area contributed by atoms with Crippen molar-refractivity contribution in [2.24, 2.45) is 5.92 Å². The zero-order valence-corrected chi connectivity index (χ0v) is 46.6. The fraction of sp³-hybridized carbons (Fsp3) is 0.630. The van der Waals surface area contributed by atoms with Crippen LogP contribution >= 0.6 is 6.72 Å². The Bertz CT molecular complexity index is 2730. The van der Waals surface area contributed by atoms with Crippen molar-refractivity contribution in [3.8, 4) is 0 Å². The molecule has 5 heterocycles. The molecule has 0 spiro atoms. The van der Waals surface area contributed by atoms with Crippen LogP contribution in [0.1, 0.15) is 104 Å². The number of hydrogen-bond donors (Lipinski definition) is 4. The summed E-state index contributed by atoms with van der Waals surface area (Å²) in [6.45, 7) is 17.6. The Kier molecular flexibility index (Phi) is 17.4. The number of rotatable bonds is 20. The maximum Gasteiger partial charge on any atom is 0.351 e. The largest absolute Gasteiger partial charge is 0.453 e. The number of ether oxygens (including phenoxy) is 3. The molecule has 0 aliphatic carbocycles. The first-order valence-corrected chi connectivity index (χ1v) is 32.4. The average molecular weight is 1080 g/mol. The van der Waals surface area contributed by atoms with Crippen molar-refractivity contribution >= 4 is 70.0 Å². The van der Waals surface area contributed by atoms with E-state index in [1.165, 1.54) is 17.0 Å². The number of halogens is 2. The van der Waals surface area contributed by atoms with E-state index in [9.17, 15) is 24.1 Å². The molecule has 398 valence electrons. The topological polar surface area (TPSA) is 255 Å². The number of carbonyl (C=O) groups excluding carboxylic acids is 2. The average Bonchev–Trinajstić information content (AvgIpc) is 3.92. The van der Waals surface area contributed by atoms with Gasteiger partial charge in [0.1, 0.15) is 24.1 Å². The van der Waals surface area contributed by atoms with Crippen LogP contribution in [-0.4, -0.2) is 112 Å². The first kappa shape index (κ1) is 57.1. The molecule has 3 aromatic heterocycles. The SMILES string of the molecule is CCCC(CCC)C(=O)Nc1ccn([C@@H]2O[C@H](CO[Si](C)(C)C(C)(C)C)[C@H](OP(O)(=S)OC[C@H]3O[C@@H](n4cnc5c(=O)[nH]c(N)nc54)C(O[Si](C)(C)C(C)(C)C)[C@H]3OC(=O)c3ccccc3)C2(F)F)c(=O)n1.